The average Bonchev–Trinajstić information content (AvgIpc) is 3.26. The fourth-order valence-electron chi connectivity index (χ4n) is 2.56. The molecule has 0 saturated carbocycles. The van der Waals surface area contributed by atoms with Gasteiger partial charge in [0.15, 0.2) is 0 Å². The molecule has 0 aliphatic rings. The summed E-state index contributed by atoms with van der Waals surface area (Å²) in [5.74, 6) is -1.34. The van der Waals surface area contributed by atoms with Crippen LogP contribution in [0.25, 0.3) is 11.3 Å². The van der Waals surface area contributed by atoms with E-state index in [0.29, 0.717) is 16.9 Å². The lowest BCUT2D eigenvalue weighted by Crippen LogP contribution is -2.41. The first-order valence-electron chi connectivity index (χ1n) is 8.65. The van der Waals surface area contributed by atoms with Crippen LogP contribution in [-0.2, 0) is 16.1 Å². The first-order valence-corrected chi connectivity index (χ1v) is 8.65. The number of furan rings is 1. The van der Waals surface area contributed by atoms with E-state index in [-0.39, 0.29) is 18.9 Å². The summed E-state index contributed by atoms with van der Waals surface area (Å²) in [4.78, 5) is 23.7. The number of hydrogen-bond acceptors (Lipinski definition) is 4. The van der Waals surface area contributed by atoms with Gasteiger partial charge in [0.2, 0.25) is 0 Å². The maximum atomic E-state index is 12.8. The third-order valence-electron chi connectivity index (χ3n) is 4.13. The van der Waals surface area contributed by atoms with Gasteiger partial charge in [-0.05, 0) is 35.4 Å². The summed E-state index contributed by atoms with van der Waals surface area (Å²) >= 11 is 0. The molecule has 28 heavy (non-hydrogen) atoms. The Morgan fingerprint density at radius 3 is 2.29 bits per heavy atom. The lowest BCUT2D eigenvalue weighted by Gasteiger charge is -2.13. The van der Waals surface area contributed by atoms with Crippen LogP contribution in [0, 0.1) is 5.82 Å². The zero-order valence-electron chi connectivity index (χ0n) is 14.9. The number of halogens is 1. The molecule has 3 aromatic rings. The van der Waals surface area contributed by atoms with Crippen molar-refractivity contribution >= 4 is 11.8 Å². The molecule has 0 unspecified atom stereocenters. The van der Waals surface area contributed by atoms with Crippen molar-refractivity contribution in [1.82, 2.24) is 10.6 Å². The predicted octanol–water partition coefficient (Wildman–Crippen LogP) is 2.55. The molecule has 0 aliphatic carbocycles. The Bertz CT molecular complexity index is 922. The highest BCUT2D eigenvalue weighted by molar-refractivity contribution is 6.35. The van der Waals surface area contributed by atoms with Gasteiger partial charge in [0.1, 0.15) is 11.6 Å². The normalized spacial score (nSPS) is 11.6. The van der Waals surface area contributed by atoms with Crippen LogP contribution in [0.3, 0.4) is 0 Å². The maximum Gasteiger partial charge on any atom is 0.309 e. The van der Waals surface area contributed by atoms with Crippen molar-refractivity contribution in [1.29, 1.82) is 0 Å². The number of rotatable bonds is 6. The fraction of sp³-hybridized carbons (Fsp3) is 0.143. The van der Waals surface area contributed by atoms with Gasteiger partial charge in [-0.3, -0.25) is 9.59 Å². The van der Waals surface area contributed by atoms with Gasteiger partial charge in [0.25, 0.3) is 0 Å². The molecule has 0 aliphatic heterocycles. The van der Waals surface area contributed by atoms with Crippen LogP contribution in [-0.4, -0.2) is 23.5 Å². The van der Waals surface area contributed by atoms with Crippen molar-refractivity contribution in [3.05, 3.63) is 83.9 Å². The molecule has 0 radical (unpaired) electrons. The van der Waals surface area contributed by atoms with Crippen molar-refractivity contribution in [3.63, 3.8) is 0 Å². The zero-order chi connectivity index (χ0) is 19.9. The molecule has 144 valence electrons. The Morgan fingerprint density at radius 1 is 0.964 bits per heavy atom. The van der Waals surface area contributed by atoms with Crippen molar-refractivity contribution in [3.8, 4) is 11.3 Å². The molecule has 1 aromatic heterocycles. The first kappa shape index (κ1) is 19.3. The van der Waals surface area contributed by atoms with E-state index in [1.807, 2.05) is 6.07 Å². The Hall–Kier alpha value is -3.45. The summed E-state index contributed by atoms with van der Waals surface area (Å²) in [6, 6.07) is 16.2. The van der Waals surface area contributed by atoms with Crippen molar-refractivity contribution in [2.45, 2.75) is 12.6 Å². The van der Waals surface area contributed by atoms with E-state index < -0.39 is 17.9 Å². The average molecular weight is 382 g/mol. The third-order valence-corrected chi connectivity index (χ3v) is 4.13. The number of carbonyl (C=O) groups is 2. The van der Waals surface area contributed by atoms with E-state index in [9.17, 15) is 19.1 Å². The lowest BCUT2D eigenvalue weighted by atomic mass is 10.1. The standard InChI is InChI=1S/C21H19FN2O4/c22-17-9-3-14(4-10-17)12-23-20(26)21(27)24-13-18(25)15-5-7-16(8-6-15)19-2-1-11-28-19/h1-11,18,25H,12-13H2,(H,23,26)(H,24,27)/t18-/m1/s1. The monoisotopic (exact) mass is 382 g/mol. The number of hydrogen-bond donors (Lipinski definition) is 3. The Kier molecular flexibility index (Phi) is 6.18. The SMILES string of the molecule is O=C(NCc1ccc(F)cc1)C(=O)NC[C@@H](O)c1ccc(-c2ccco2)cc1. The molecule has 6 nitrogen and oxygen atoms in total. The van der Waals surface area contributed by atoms with E-state index in [0.717, 1.165) is 5.56 Å². The Morgan fingerprint density at radius 2 is 1.64 bits per heavy atom. The largest absolute Gasteiger partial charge is 0.464 e. The number of carbonyl (C=O) groups excluding carboxylic acids is 2. The summed E-state index contributed by atoms with van der Waals surface area (Å²) < 4.78 is 18.1. The van der Waals surface area contributed by atoms with Crippen molar-refractivity contribution < 1.29 is 23.5 Å². The van der Waals surface area contributed by atoms with Crippen LogP contribution in [0.15, 0.2) is 71.3 Å². The summed E-state index contributed by atoms with van der Waals surface area (Å²) in [5, 5.41) is 15.0. The molecule has 0 bridgehead atoms. The van der Waals surface area contributed by atoms with Gasteiger partial charge in [0, 0.05) is 18.7 Å². The molecule has 1 heterocycles. The van der Waals surface area contributed by atoms with Crippen LogP contribution >= 0.6 is 0 Å². The van der Waals surface area contributed by atoms with Crippen molar-refractivity contribution in [2.24, 2.45) is 0 Å². The molecular weight excluding hydrogens is 363 g/mol. The predicted molar refractivity (Wildman–Crippen MR) is 100 cm³/mol. The Labute approximate surface area is 161 Å². The highest BCUT2D eigenvalue weighted by atomic mass is 19.1. The smallest absolute Gasteiger partial charge is 0.309 e. The van der Waals surface area contributed by atoms with Gasteiger partial charge in [-0.25, -0.2) is 4.39 Å². The maximum absolute atomic E-state index is 12.8. The molecule has 1 atom stereocenters. The summed E-state index contributed by atoms with van der Waals surface area (Å²) in [6.45, 7) is -0.00771. The van der Waals surface area contributed by atoms with Crippen LogP contribution in [0.2, 0.25) is 0 Å². The number of nitrogens with one attached hydrogen (secondary N) is 2. The highest BCUT2D eigenvalue weighted by Gasteiger charge is 2.15. The molecule has 2 amide bonds. The minimum Gasteiger partial charge on any atom is -0.464 e. The molecule has 3 N–H and O–H groups in total. The molecule has 3 rings (SSSR count). The number of benzene rings is 2. The second kappa shape index (κ2) is 8.96. The lowest BCUT2D eigenvalue weighted by molar-refractivity contribution is -0.139. The molecule has 2 aromatic carbocycles. The van der Waals surface area contributed by atoms with Crippen LogP contribution in [0.4, 0.5) is 4.39 Å². The number of amides is 2. The quantitative estimate of drug-likeness (QED) is 0.572. The number of aliphatic hydroxyl groups is 1. The fourth-order valence-corrected chi connectivity index (χ4v) is 2.56. The topological polar surface area (TPSA) is 91.6 Å². The van der Waals surface area contributed by atoms with E-state index in [1.54, 1.807) is 36.6 Å². The molecule has 7 heteroatoms. The van der Waals surface area contributed by atoms with Gasteiger partial charge in [0.05, 0.1) is 12.4 Å². The zero-order valence-corrected chi connectivity index (χ0v) is 14.9. The van der Waals surface area contributed by atoms with E-state index in [2.05, 4.69) is 10.6 Å². The highest BCUT2D eigenvalue weighted by Crippen LogP contribution is 2.22. The van der Waals surface area contributed by atoms with Crippen LogP contribution in [0.1, 0.15) is 17.2 Å². The van der Waals surface area contributed by atoms with Crippen molar-refractivity contribution in [2.75, 3.05) is 6.54 Å². The molecule has 0 spiro atoms. The molecule has 0 fully saturated rings. The third kappa shape index (κ3) is 5.05. The van der Waals surface area contributed by atoms with Gasteiger partial charge in [-0.15, -0.1) is 0 Å². The van der Waals surface area contributed by atoms with E-state index >= 15 is 0 Å². The summed E-state index contributed by atoms with van der Waals surface area (Å²) in [5.41, 5.74) is 2.13. The van der Waals surface area contributed by atoms with Gasteiger partial charge in [-0.2, -0.15) is 0 Å². The second-order valence-corrected chi connectivity index (χ2v) is 6.13. The van der Waals surface area contributed by atoms with Gasteiger partial charge < -0.3 is 20.2 Å². The van der Waals surface area contributed by atoms with E-state index in [1.165, 1.54) is 24.3 Å². The summed E-state index contributed by atoms with van der Waals surface area (Å²) in [6.07, 6.45) is 0.619. The van der Waals surface area contributed by atoms with E-state index in [4.69, 9.17) is 4.42 Å². The molecule has 0 saturated heterocycles. The van der Waals surface area contributed by atoms with Crippen LogP contribution in [0.5, 0.6) is 0 Å². The van der Waals surface area contributed by atoms with Gasteiger partial charge >= 0.3 is 11.8 Å². The number of aliphatic hydroxyl groups excluding tert-OH is 1. The summed E-state index contributed by atoms with van der Waals surface area (Å²) in [7, 11) is 0. The minimum atomic E-state index is -0.959. The van der Waals surface area contributed by atoms with Gasteiger partial charge in [-0.1, -0.05) is 36.4 Å². The van der Waals surface area contributed by atoms with Crippen LogP contribution < -0.4 is 10.6 Å². The minimum absolute atomic E-state index is 0.101. The second-order valence-electron chi connectivity index (χ2n) is 6.13. The molecular formula is C21H19FN2O4. The first-order chi connectivity index (χ1) is 13.5. The Balaban J connectivity index is 1.46.